The Kier molecular flexibility index (Phi) is 5.48. The van der Waals surface area contributed by atoms with Crippen molar-refractivity contribution in [2.45, 2.75) is 6.92 Å². The number of anilines is 1. The van der Waals surface area contributed by atoms with Crippen LogP contribution in [0.5, 0.6) is 5.75 Å². The second-order valence-electron chi connectivity index (χ2n) is 4.68. The van der Waals surface area contributed by atoms with Crippen molar-refractivity contribution in [1.29, 1.82) is 0 Å². The van der Waals surface area contributed by atoms with E-state index in [1.165, 1.54) is 12.3 Å². The van der Waals surface area contributed by atoms with E-state index in [1.54, 1.807) is 24.3 Å². The number of rotatable bonds is 3. The average molecular weight is 376 g/mol. The van der Waals surface area contributed by atoms with Gasteiger partial charge in [0.05, 0.1) is 10.7 Å². The molecule has 0 saturated heterocycles. The number of aryl methyl sites for hydroxylation is 1. The molecule has 2 aromatic carbocycles. The lowest BCUT2D eigenvalue weighted by Crippen LogP contribution is -2.32. The smallest absolute Gasteiger partial charge is 0.329 e. The van der Waals surface area contributed by atoms with Crippen LogP contribution in [0, 0.1) is 6.92 Å². The summed E-state index contributed by atoms with van der Waals surface area (Å²) in [6.45, 7) is 1.83. The van der Waals surface area contributed by atoms with Crippen molar-refractivity contribution >= 4 is 39.6 Å². The molecule has 0 fully saturated rings. The molecule has 2 rings (SSSR count). The molecule has 7 heteroatoms. The van der Waals surface area contributed by atoms with Gasteiger partial charge in [-0.3, -0.25) is 9.59 Å². The highest BCUT2D eigenvalue weighted by Gasteiger charge is 2.13. The number of carbonyl (C=O) groups is 2. The van der Waals surface area contributed by atoms with Gasteiger partial charge in [-0.05, 0) is 58.2 Å². The summed E-state index contributed by atoms with van der Waals surface area (Å²) in [6.07, 6.45) is 1.36. The molecule has 0 aromatic heterocycles. The zero-order chi connectivity index (χ0) is 16.8. The van der Waals surface area contributed by atoms with Crippen molar-refractivity contribution in [3.63, 3.8) is 0 Å². The molecule has 0 aliphatic rings. The Balaban J connectivity index is 1.93. The number of para-hydroxylation sites is 1. The number of phenolic OH excluding ortho intramolecular Hbond substituents is 1. The summed E-state index contributed by atoms with van der Waals surface area (Å²) in [5.41, 5.74) is 4.21. The Morgan fingerprint density at radius 1 is 1.17 bits per heavy atom. The van der Waals surface area contributed by atoms with Gasteiger partial charge in [-0.15, -0.1) is 0 Å². The van der Waals surface area contributed by atoms with E-state index in [1.807, 2.05) is 19.1 Å². The average Bonchev–Trinajstić information content (AvgIpc) is 2.53. The van der Waals surface area contributed by atoms with Gasteiger partial charge in [0.15, 0.2) is 0 Å². The first-order chi connectivity index (χ1) is 11.0. The largest absolute Gasteiger partial charge is 0.507 e. The van der Waals surface area contributed by atoms with Crippen LogP contribution < -0.4 is 10.7 Å². The fourth-order valence-corrected chi connectivity index (χ4v) is 2.11. The SMILES string of the molecule is Cc1ccccc1NC(=O)C(=O)N/N=C/c1ccc(O)c(Br)c1. The van der Waals surface area contributed by atoms with Crippen molar-refractivity contribution in [1.82, 2.24) is 5.43 Å². The van der Waals surface area contributed by atoms with Gasteiger partial charge >= 0.3 is 11.8 Å². The van der Waals surface area contributed by atoms with Gasteiger partial charge in [-0.2, -0.15) is 5.10 Å². The van der Waals surface area contributed by atoms with E-state index in [4.69, 9.17) is 0 Å². The number of hydrogen-bond donors (Lipinski definition) is 3. The molecule has 23 heavy (non-hydrogen) atoms. The predicted octanol–water partition coefficient (Wildman–Crippen LogP) is 2.55. The maximum atomic E-state index is 11.8. The highest BCUT2D eigenvalue weighted by atomic mass is 79.9. The lowest BCUT2D eigenvalue weighted by atomic mass is 10.2. The van der Waals surface area contributed by atoms with E-state index in [2.05, 4.69) is 31.8 Å². The minimum Gasteiger partial charge on any atom is -0.507 e. The summed E-state index contributed by atoms with van der Waals surface area (Å²) < 4.78 is 0.505. The second kappa shape index (κ2) is 7.55. The molecule has 0 aliphatic heterocycles. The molecule has 0 unspecified atom stereocenters. The number of nitrogens with one attached hydrogen (secondary N) is 2. The van der Waals surface area contributed by atoms with E-state index in [-0.39, 0.29) is 5.75 Å². The second-order valence-corrected chi connectivity index (χ2v) is 5.53. The minimum absolute atomic E-state index is 0.101. The molecule has 0 radical (unpaired) electrons. The normalized spacial score (nSPS) is 10.5. The molecule has 0 atom stereocenters. The Hall–Kier alpha value is -2.67. The summed E-state index contributed by atoms with van der Waals surface area (Å²) in [5.74, 6) is -1.57. The molecule has 0 spiro atoms. The van der Waals surface area contributed by atoms with Crippen LogP contribution in [0.2, 0.25) is 0 Å². The molecular formula is C16H14BrN3O3. The zero-order valence-electron chi connectivity index (χ0n) is 12.2. The molecule has 3 N–H and O–H groups in total. The van der Waals surface area contributed by atoms with Gasteiger partial charge in [-0.1, -0.05) is 18.2 Å². The van der Waals surface area contributed by atoms with E-state index in [0.29, 0.717) is 15.7 Å². The third-order valence-corrected chi connectivity index (χ3v) is 3.59. The van der Waals surface area contributed by atoms with Crippen LogP contribution in [0.1, 0.15) is 11.1 Å². The number of aromatic hydroxyl groups is 1. The number of nitrogens with zero attached hydrogens (tertiary/aromatic N) is 1. The van der Waals surface area contributed by atoms with Crippen molar-refractivity contribution in [2.75, 3.05) is 5.32 Å². The number of halogens is 1. The molecule has 6 nitrogen and oxygen atoms in total. The van der Waals surface area contributed by atoms with Crippen molar-refractivity contribution in [3.8, 4) is 5.75 Å². The van der Waals surface area contributed by atoms with Crippen molar-refractivity contribution in [3.05, 3.63) is 58.1 Å². The number of phenols is 1. The molecule has 2 amide bonds. The highest BCUT2D eigenvalue weighted by molar-refractivity contribution is 9.10. The van der Waals surface area contributed by atoms with Crippen LogP contribution in [0.25, 0.3) is 0 Å². The monoisotopic (exact) mass is 375 g/mol. The Morgan fingerprint density at radius 3 is 2.61 bits per heavy atom. The number of benzene rings is 2. The van der Waals surface area contributed by atoms with Crippen LogP contribution in [-0.4, -0.2) is 23.1 Å². The first-order valence-electron chi connectivity index (χ1n) is 6.66. The summed E-state index contributed by atoms with van der Waals surface area (Å²) in [5, 5.41) is 15.6. The van der Waals surface area contributed by atoms with E-state index in [0.717, 1.165) is 5.56 Å². The highest BCUT2D eigenvalue weighted by Crippen LogP contribution is 2.23. The molecule has 0 aliphatic carbocycles. The summed E-state index contributed by atoms with van der Waals surface area (Å²) in [4.78, 5) is 23.5. The lowest BCUT2D eigenvalue weighted by Gasteiger charge is -2.06. The minimum atomic E-state index is -0.873. The molecule has 0 saturated carbocycles. The maximum absolute atomic E-state index is 11.8. The van der Waals surface area contributed by atoms with Crippen LogP contribution >= 0.6 is 15.9 Å². The van der Waals surface area contributed by atoms with Gasteiger partial charge in [0.25, 0.3) is 0 Å². The molecule has 0 bridgehead atoms. The van der Waals surface area contributed by atoms with Crippen molar-refractivity contribution < 1.29 is 14.7 Å². The van der Waals surface area contributed by atoms with Crippen molar-refractivity contribution in [2.24, 2.45) is 5.10 Å². The van der Waals surface area contributed by atoms with Crippen LogP contribution in [0.3, 0.4) is 0 Å². The van der Waals surface area contributed by atoms with E-state index < -0.39 is 11.8 Å². The third kappa shape index (κ3) is 4.65. The molecule has 0 heterocycles. The number of amides is 2. The first-order valence-corrected chi connectivity index (χ1v) is 7.45. The van der Waals surface area contributed by atoms with Gasteiger partial charge in [-0.25, -0.2) is 5.43 Å². The Bertz CT molecular complexity index is 775. The number of hydrogen-bond acceptors (Lipinski definition) is 4. The maximum Gasteiger partial charge on any atom is 0.329 e. The van der Waals surface area contributed by atoms with Gasteiger partial charge in [0.1, 0.15) is 5.75 Å². The quantitative estimate of drug-likeness (QED) is 0.437. The predicted molar refractivity (Wildman–Crippen MR) is 91.4 cm³/mol. The van der Waals surface area contributed by atoms with Crippen LogP contribution in [-0.2, 0) is 9.59 Å². The summed E-state index contributed by atoms with van der Waals surface area (Å²) in [6, 6.07) is 11.9. The summed E-state index contributed by atoms with van der Waals surface area (Å²) >= 11 is 3.17. The zero-order valence-corrected chi connectivity index (χ0v) is 13.8. The fraction of sp³-hybridized carbons (Fsp3) is 0.0625. The van der Waals surface area contributed by atoms with Crippen LogP contribution in [0.4, 0.5) is 5.69 Å². The van der Waals surface area contributed by atoms with Crippen LogP contribution in [0.15, 0.2) is 52.0 Å². The summed E-state index contributed by atoms with van der Waals surface area (Å²) in [7, 11) is 0. The lowest BCUT2D eigenvalue weighted by molar-refractivity contribution is -0.136. The number of carbonyl (C=O) groups excluding carboxylic acids is 2. The number of hydrazone groups is 1. The van der Waals surface area contributed by atoms with Gasteiger partial charge in [0, 0.05) is 5.69 Å². The first kappa shape index (κ1) is 16.7. The van der Waals surface area contributed by atoms with E-state index in [9.17, 15) is 14.7 Å². The third-order valence-electron chi connectivity index (χ3n) is 2.95. The molecule has 118 valence electrons. The van der Waals surface area contributed by atoms with E-state index >= 15 is 0 Å². The Labute approximate surface area is 141 Å². The fourth-order valence-electron chi connectivity index (χ4n) is 1.71. The topological polar surface area (TPSA) is 90.8 Å². The molecular weight excluding hydrogens is 362 g/mol. The Morgan fingerprint density at radius 2 is 1.91 bits per heavy atom. The van der Waals surface area contributed by atoms with Gasteiger partial charge < -0.3 is 10.4 Å². The molecule has 2 aromatic rings. The van der Waals surface area contributed by atoms with Gasteiger partial charge in [0.2, 0.25) is 0 Å². The standard InChI is InChI=1S/C16H14BrN3O3/c1-10-4-2-3-5-13(10)19-15(22)16(23)20-18-9-11-6-7-14(21)12(17)8-11/h2-9,21H,1H3,(H,19,22)(H,20,23)/b18-9+.